The number of carbonyl (C=O) groups is 1. The molecule has 5 rings (SSSR count). The second-order valence-corrected chi connectivity index (χ2v) is 9.99. The highest BCUT2D eigenvalue weighted by Crippen LogP contribution is 2.64. The van der Waals surface area contributed by atoms with Crippen molar-refractivity contribution >= 4 is 21.8 Å². The monoisotopic (exact) mass is 391 g/mol. The number of hydrogen-bond donors (Lipinski definition) is 1. The Morgan fingerprint density at radius 3 is 2.50 bits per heavy atom. The third-order valence-corrected chi connectivity index (χ3v) is 7.08. The summed E-state index contributed by atoms with van der Waals surface area (Å²) in [4.78, 5) is 12.9. The van der Waals surface area contributed by atoms with Crippen molar-refractivity contribution in [3.8, 4) is 5.75 Å². The van der Waals surface area contributed by atoms with E-state index >= 15 is 0 Å². The Morgan fingerprint density at radius 1 is 1.21 bits per heavy atom. The Bertz CT molecular complexity index is 613. The zero-order valence-corrected chi connectivity index (χ0v) is 15.9. The van der Waals surface area contributed by atoms with E-state index in [1.165, 1.54) is 24.8 Å². The fraction of sp³-hybridized carbons (Fsp3) is 0.650. The number of carbonyl (C=O) groups excluding carboxylic acids is 1. The summed E-state index contributed by atoms with van der Waals surface area (Å²) in [7, 11) is 0. The maximum Gasteiger partial charge on any atom is 0.226 e. The Balaban J connectivity index is 1.31. The topological polar surface area (TPSA) is 38.3 Å². The number of halogens is 1. The Labute approximate surface area is 152 Å². The summed E-state index contributed by atoms with van der Waals surface area (Å²) < 4.78 is 5.96. The minimum Gasteiger partial charge on any atom is -0.492 e. The molecule has 2 unspecified atom stereocenters. The number of rotatable bonds is 5. The van der Waals surface area contributed by atoms with Gasteiger partial charge in [-0.1, -0.05) is 33.6 Å². The third kappa shape index (κ3) is 3.10. The summed E-state index contributed by atoms with van der Waals surface area (Å²) in [5.41, 5.74) is 1.10. The van der Waals surface area contributed by atoms with Crippen molar-refractivity contribution in [2.24, 2.45) is 17.3 Å². The lowest BCUT2D eigenvalue weighted by atomic mass is 9.49. The molecular weight excluding hydrogens is 366 g/mol. The van der Waals surface area contributed by atoms with E-state index in [2.05, 4.69) is 28.2 Å². The number of nitrogens with one attached hydrogen (secondary N) is 1. The molecule has 0 heterocycles. The van der Waals surface area contributed by atoms with Crippen molar-refractivity contribution in [3.05, 3.63) is 29.8 Å². The van der Waals surface area contributed by atoms with E-state index in [-0.39, 0.29) is 15.6 Å². The van der Waals surface area contributed by atoms with Crippen molar-refractivity contribution < 1.29 is 9.53 Å². The molecule has 0 saturated heterocycles. The van der Waals surface area contributed by atoms with Crippen LogP contribution in [0.5, 0.6) is 5.75 Å². The minimum atomic E-state index is -0.128. The van der Waals surface area contributed by atoms with Gasteiger partial charge in [0.2, 0.25) is 5.91 Å². The van der Waals surface area contributed by atoms with Gasteiger partial charge in [0.1, 0.15) is 12.4 Å². The van der Waals surface area contributed by atoms with Crippen LogP contribution in [0, 0.1) is 24.2 Å². The zero-order valence-electron chi connectivity index (χ0n) is 14.3. The zero-order chi connectivity index (χ0) is 16.8. The number of aryl methyl sites for hydroxylation is 1. The van der Waals surface area contributed by atoms with Crippen LogP contribution in [0.15, 0.2) is 24.3 Å². The quantitative estimate of drug-likeness (QED) is 0.602. The molecule has 24 heavy (non-hydrogen) atoms. The highest BCUT2D eigenvalue weighted by Gasteiger charge is 2.59. The molecule has 4 fully saturated rings. The van der Waals surface area contributed by atoms with Crippen molar-refractivity contribution in [3.63, 3.8) is 0 Å². The minimum absolute atomic E-state index is 0.128. The van der Waals surface area contributed by atoms with Gasteiger partial charge in [-0.3, -0.25) is 4.79 Å². The Kier molecular flexibility index (Phi) is 4.14. The van der Waals surface area contributed by atoms with Crippen LogP contribution in [0.3, 0.4) is 0 Å². The molecule has 0 radical (unpaired) electrons. The predicted octanol–water partition coefficient (Wildman–Crippen LogP) is 4.22. The molecule has 1 aromatic rings. The van der Waals surface area contributed by atoms with Gasteiger partial charge in [-0.2, -0.15) is 0 Å². The highest BCUT2D eigenvalue weighted by atomic mass is 79.9. The summed E-state index contributed by atoms with van der Waals surface area (Å²) in [6.45, 7) is 3.17. The Hall–Kier alpha value is -1.03. The number of hydrogen-bond acceptors (Lipinski definition) is 2. The van der Waals surface area contributed by atoms with Gasteiger partial charge in [-0.15, -0.1) is 0 Å². The van der Waals surface area contributed by atoms with Gasteiger partial charge in [0.05, 0.1) is 12.0 Å². The largest absolute Gasteiger partial charge is 0.492 e. The second kappa shape index (κ2) is 6.05. The summed E-state index contributed by atoms with van der Waals surface area (Å²) in [5.74, 6) is 2.59. The molecule has 0 aliphatic heterocycles. The van der Waals surface area contributed by atoms with Crippen LogP contribution in [0.4, 0.5) is 0 Å². The van der Waals surface area contributed by atoms with E-state index in [1.807, 2.05) is 24.3 Å². The fourth-order valence-electron chi connectivity index (χ4n) is 5.57. The first-order valence-electron chi connectivity index (χ1n) is 9.13. The summed E-state index contributed by atoms with van der Waals surface area (Å²) in [5, 5.41) is 3.15. The van der Waals surface area contributed by atoms with Crippen LogP contribution in [-0.2, 0) is 4.79 Å². The first-order chi connectivity index (χ1) is 11.5. The van der Waals surface area contributed by atoms with E-state index in [4.69, 9.17) is 4.74 Å². The first-order valence-corrected chi connectivity index (χ1v) is 9.92. The average molecular weight is 392 g/mol. The van der Waals surface area contributed by atoms with Gasteiger partial charge in [0.15, 0.2) is 0 Å². The van der Waals surface area contributed by atoms with Crippen LogP contribution in [-0.4, -0.2) is 23.4 Å². The van der Waals surface area contributed by atoms with E-state index < -0.39 is 0 Å². The molecule has 4 heteroatoms. The second-order valence-electron chi connectivity index (χ2n) is 8.31. The van der Waals surface area contributed by atoms with Crippen LogP contribution in [0.1, 0.15) is 44.1 Å². The molecule has 2 atom stereocenters. The maximum absolute atomic E-state index is 12.9. The summed E-state index contributed by atoms with van der Waals surface area (Å²) >= 11 is 3.97. The van der Waals surface area contributed by atoms with Gasteiger partial charge in [-0.05, 0) is 69.4 Å². The number of alkyl halides is 1. The predicted molar refractivity (Wildman–Crippen MR) is 98.5 cm³/mol. The summed E-state index contributed by atoms with van der Waals surface area (Å²) in [6, 6.07) is 8.03. The molecular formula is C20H26BrNO2. The standard InChI is InChI=1S/C20H26BrNO2/c1-14-2-4-17(5-3-14)24-7-6-22-18(23)19-9-15-8-16(10-19)12-20(21,11-15)13-19/h2-5,15-16H,6-13H2,1H3,(H,22,23). The smallest absolute Gasteiger partial charge is 0.226 e. The lowest BCUT2D eigenvalue weighted by molar-refractivity contribution is -0.144. The van der Waals surface area contributed by atoms with Crippen LogP contribution in [0.25, 0.3) is 0 Å². The number of benzene rings is 1. The molecule has 4 bridgehead atoms. The lowest BCUT2D eigenvalue weighted by Crippen LogP contribution is -2.58. The molecule has 1 amide bonds. The number of amides is 1. The van der Waals surface area contributed by atoms with Crippen LogP contribution < -0.4 is 10.1 Å². The van der Waals surface area contributed by atoms with E-state index in [0.717, 1.165) is 36.8 Å². The van der Waals surface area contributed by atoms with Crippen molar-refractivity contribution in [2.45, 2.75) is 49.8 Å². The first kappa shape index (κ1) is 16.4. The molecule has 1 aromatic carbocycles. The van der Waals surface area contributed by atoms with Gasteiger partial charge in [-0.25, -0.2) is 0 Å². The van der Waals surface area contributed by atoms with Crippen molar-refractivity contribution in [2.75, 3.05) is 13.2 Å². The molecule has 0 aromatic heterocycles. The lowest BCUT2D eigenvalue weighted by Gasteiger charge is -2.59. The van der Waals surface area contributed by atoms with E-state index in [0.29, 0.717) is 13.2 Å². The SMILES string of the molecule is Cc1ccc(OCCNC(=O)C23CC4CC(CC(Br)(C4)C2)C3)cc1. The van der Waals surface area contributed by atoms with Gasteiger partial charge in [0.25, 0.3) is 0 Å². The maximum atomic E-state index is 12.9. The molecule has 0 spiro atoms. The van der Waals surface area contributed by atoms with E-state index in [1.54, 1.807) is 0 Å². The number of ether oxygens (including phenoxy) is 1. The highest BCUT2D eigenvalue weighted by molar-refractivity contribution is 9.10. The third-order valence-electron chi connectivity index (χ3n) is 6.15. The molecule has 4 aliphatic carbocycles. The van der Waals surface area contributed by atoms with Crippen LogP contribution in [0.2, 0.25) is 0 Å². The van der Waals surface area contributed by atoms with Gasteiger partial charge >= 0.3 is 0 Å². The normalized spacial score (nSPS) is 36.6. The van der Waals surface area contributed by atoms with Crippen LogP contribution >= 0.6 is 15.9 Å². The molecule has 1 N–H and O–H groups in total. The average Bonchev–Trinajstić information content (AvgIpc) is 2.50. The van der Waals surface area contributed by atoms with Gasteiger partial charge < -0.3 is 10.1 Å². The van der Waals surface area contributed by atoms with Gasteiger partial charge in [0, 0.05) is 4.32 Å². The molecule has 3 nitrogen and oxygen atoms in total. The molecule has 4 saturated carbocycles. The van der Waals surface area contributed by atoms with Crippen molar-refractivity contribution in [1.29, 1.82) is 0 Å². The molecule has 4 aliphatic rings. The Morgan fingerprint density at radius 2 is 1.88 bits per heavy atom. The fourth-order valence-corrected chi connectivity index (χ4v) is 7.02. The van der Waals surface area contributed by atoms with Crippen molar-refractivity contribution in [1.82, 2.24) is 5.32 Å². The molecule has 130 valence electrons. The van der Waals surface area contributed by atoms with E-state index in [9.17, 15) is 4.79 Å². The summed E-state index contributed by atoms with van der Waals surface area (Å²) in [6.07, 6.45) is 7.03.